The van der Waals surface area contributed by atoms with Crippen LogP contribution >= 0.6 is 0 Å². The monoisotopic (exact) mass is 296 g/mol. The van der Waals surface area contributed by atoms with Crippen molar-refractivity contribution in [2.45, 2.75) is 6.36 Å². The van der Waals surface area contributed by atoms with Crippen molar-refractivity contribution >= 4 is 5.65 Å². The molecule has 3 rings (SSSR count). The molecule has 0 aliphatic carbocycles. The van der Waals surface area contributed by atoms with Gasteiger partial charge in [0.05, 0.1) is 5.69 Å². The maximum absolute atomic E-state index is 13.1. The molecule has 0 spiro atoms. The zero-order valence-corrected chi connectivity index (χ0v) is 10.4. The topological polar surface area (TPSA) is 26.5 Å². The Morgan fingerprint density at radius 2 is 1.67 bits per heavy atom. The molecular weight excluding hydrogens is 288 g/mol. The molecule has 3 aromatic rings. The van der Waals surface area contributed by atoms with Gasteiger partial charge in [-0.25, -0.2) is 9.37 Å². The summed E-state index contributed by atoms with van der Waals surface area (Å²) >= 11 is 0. The summed E-state index contributed by atoms with van der Waals surface area (Å²) in [7, 11) is 0. The van der Waals surface area contributed by atoms with Crippen molar-refractivity contribution in [3.8, 4) is 17.0 Å². The Labute approximate surface area is 116 Å². The molecule has 0 amide bonds. The molecule has 2 heterocycles. The number of ether oxygens (including phenoxy) is 1. The standard InChI is InChI=1S/C14H8F4N2O/c15-10-3-6-13-19-12(8-20(13)7-10)9-1-4-11(5-2-9)21-14(16,17)18/h1-8H. The van der Waals surface area contributed by atoms with Crippen LogP contribution in [0.5, 0.6) is 5.75 Å². The van der Waals surface area contributed by atoms with E-state index in [2.05, 4.69) is 9.72 Å². The largest absolute Gasteiger partial charge is 0.573 e. The van der Waals surface area contributed by atoms with Gasteiger partial charge in [-0.1, -0.05) is 0 Å². The van der Waals surface area contributed by atoms with Crippen LogP contribution in [0.1, 0.15) is 0 Å². The number of hydrogen-bond donors (Lipinski definition) is 0. The van der Waals surface area contributed by atoms with Gasteiger partial charge >= 0.3 is 6.36 Å². The number of aromatic nitrogens is 2. The van der Waals surface area contributed by atoms with Gasteiger partial charge in [0.15, 0.2) is 0 Å². The molecule has 0 saturated carbocycles. The van der Waals surface area contributed by atoms with Crippen molar-refractivity contribution in [3.05, 3.63) is 54.6 Å². The van der Waals surface area contributed by atoms with Crippen LogP contribution in [-0.4, -0.2) is 15.7 Å². The van der Waals surface area contributed by atoms with E-state index < -0.39 is 12.2 Å². The number of rotatable bonds is 2. The van der Waals surface area contributed by atoms with Gasteiger partial charge in [-0.15, -0.1) is 13.2 Å². The molecule has 0 aliphatic rings. The maximum atomic E-state index is 13.1. The first-order chi connectivity index (χ1) is 9.90. The second kappa shape index (κ2) is 4.76. The number of benzene rings is 1. The van der Waals surface area contributed by atoms with Crippen molar-refractivity contribution in [3.63, 3.8) is 0 Å². The van der Waals surface area contributed by atoms with Crippen LogP contribution in [0.15, 0.2) is 48.8 Å². The summed E-state index contributed by atoms with van der Waals surface area (Å²) in [5.74, 6) is -0.707. The fourth-order valence-electron chi connectivity index (χ4n) is 1.93. The van der Waals surface area contributed by atoms with Gasteiger partial charge in [-0.2, -0.15) is 0 Å². The normalized spacial score (nSPS) is 11.8. The van der Waals surface area contributed by atoms with Crippen molar-refractivity contribution in [2.75, 3.05) is 0 Å². The molecule has 0 N–H and O–H groups in total. The maximum Gasteiger partial charge on any atom is 0.573 e. The molecule has 0 saturated heterocycles. The van der Waals surface area contributed by atoms with Crippen LogP contribution in [0, 0.1) is 5.82 Å². The summed E-state index contributed by atoms with van der Waals surface area (Å²) in [6, 6.07) is 8.12. The van der Waals surface area contributed by atoms with Crippen LogP contribution in [0.2, 0.25) is 0 Å². The van der Waals surface area contributed by atoms with Crippen LogP contribution in [0.25, 0.3) is 16.9 Å². The van der Waals surface area contributed by atoms with Crippen molar-refractivity contribution in [1.29, 1.82) is 0 Å². The minimum Gasteiger partial charge on any atom is -0.406 e. The Kier molecular flexibility index (Phi) is 3.04. The van der Waals surface area contributed by atoms with Gasteiger partial charge in [-0.3, -0.25) is 0 Å². The zero-order valence-electron chi connectivity index (χ0n) is 10.4. The van der Waals surface area contributed by atoms with Crippen molar-refractivity contribution < 1.29 is 22.3 Å². The number of fused-ring (bicyclic) bond motifs is 1. The number of halogens is 4. The van der Waals surface area contributed by atoms with Crippen LogP contribution < -0.4 is 4.74 Å². The van der Waals surface area contributed by atoms with E-state index in [0.717, 1.165) is 0 Å². The van der Waals surface area contributed by atoms with Gasteiger partial charge in [0.2, 0.25) is 0 Å². The number of pyridine rings is 1. The average molecular weight is 296 g/mol. The summed E-state index contributed by atoms with van der Waals surface area (Å²) in [4.78, 5) is 4.26. The highest BCUT2D eigenvalue weighted by Gasteiger charge is 2.30. The highest BCUT2D eigenvalue weighted by Crippen LogP contribution is 2.26. The van der Waals surface area contributed by atoms with Gasteiger partial charge < -0.3 is 9.14 Å². The first-order valence-corrected chi connectivity index (χ1v) is 5.91. The number of hydrogen-bond acceptors (Lipinski definition) is 2. The van der Waals surface area contributed by atoms with Crippen LogP contribution in [0.4, 0.5) is 17.6 Å². The van der Waals surface area contributed by atoms with E-state index in [1.165, 1.54) is 47.0 Å². The molecule has 0 bridgehead atoms. The molecule has 21 heavy (non-hydrogen) atoms. The summed E-state index contributed by atoms with van der Waals surface area (Å²) in [6.07, 6.45) is -1.85. The number of imidazole rings is 1. The Bertz CT molecular complexity index is 778. The molecule has 0 unspecified atom stereocenters. The third-order valence-corrected chi connectivity index (χ3v) is 2.80. The molecule has 108 valence electrons. The third kappa shape index (κ3) is 2.96. The number of alkyl halides is 3. The lowest BCUT2D eigenvalue weighted by Gasteiger charge is -2.08. The molecule has 0 radical (unpaired) electrons. The summed E-state index contributed by atoms with van der Waals surface area (Å²) < 4.78 is 54.6. The smallest absolute Gasteiger partial charge is 0.406 e. The lowest BCUT2D eigenvalue weighted by atomic mass is 10.2. The van der Waals surface area contributed by atoms with Crippen LogP contribution in [-0.2, 0) is 0 Å². The molecular formula is C14H8F4N2O. The quantitative estimate of drug-likeness (QED) is 0.667. The molecule has 2 aromatic heterocycles. The lowest BCUT2D eigenvalue weighted by Crippen LogP contribution is -2.16. The van der Waals surface area contributed by atoms with Gasteiger partial charge in [0, 0.05) is 18.0 Å². The predicted octanol–water partition coefficient (Wildman–Crippen LogP) is 4.04. The highest BCUT2D eigenvalue weighted by molar-refractivity contribution is 5.63. The SMILES string of the molecule is Fc1ccc2nc(-c3ccc(OC(F)(F)F)cc3)cn2c1. The molecule has 0 aliphatic heterocycles. The van der Waals surface area contributed by atoms with E-state index >= 15 is 0 Å². The Balaban J connectivity index is 1.91. The molecule has 1 aromatic carbocycles. The number of nitrogens with zero attached hydrogens (tertiary/aromatic N) is 2. The predicted molar refractivity (Wildman–Crippen MR) is 67.3 cm³/mol. The summed E-state index contributed by atoms with van der Waals surface area (Å²) in [5.41, 5.74) is 1.68. The third-order valence-electron chi connectivity index (χ3n) is 2.80. The summed E-state index contributed by atoms with van der Waals surface area (Å²) in [5, 5.41) is 0. The highest BCUT2D eigenvalue weighted by atomic mass is 19.4. The van der Waals surface area contributed by atoms with Crippen LogP contribution in [0.3, 0.4) is 0 Å². The van der Waals surface area contributed by atoms with E-state index in [-0.39, 0.29) is 5.75 Å². The van der Waals surface area contributed by atoms with E-state index in [9.17, 15) is 17.6 Å². The second-order valence-electron chi connectivity index (χ2n) is 4.31. The molecule has 7 heteroatoms. The molecule has 3 nitrogen and oxygen atoms in total. The fourth-order valence-corrected chi connectivity index (χ4v) is 1.93. The van der Waals surface area contributed by atoms with Gasteiger partial charge in [0.25, 0.3) is 0 Å². The van der Waals surface area contributed by atoms with Crippen molar-refractivity contribution in [2.24, 2.45) is 0 Å². The molecule has 0 fully saturated rings. The van der Waals surface area contributed by atoms with Gasteiger partial charge in [-0.05, 0) is 36.4 Å². The Morgan fingerprint density at radius 1 is 0.952 bits per heavy atom. The van der Waals surface area contributed by atoms with E-state index in [1.807, 2.05) is 0 Å². The average Bonchev–Trinajstić information content (AvgIpc) is 2.80. The van der Waals surface area contributed by atoms with E-state index in [0.29, 0.717) is 16.9 Å². The van der Waals surface area contributed by atoms with E-state index in [1.54, 1.807) is 6.20 Å². The Morgan fingerprint density at radius 3 is 2.33 bits per heavy atom. The minimum atomic E-state index is -4.72. The first kappa shape index (κ1) is 13.4. The first-order valence-electron chi connectivity index (χ1n) is 5.91. The molecule has 0 atom stereocenters. The van der Waals surface area contributed by atoms with Gasteiger partial charge in [0.1, 0.15) is 17.2 Å². The summed E-state index contributed by atoms with van der Waals surface area (Å²) in [6.45, 7) is 0. The van der Waals surface area contributed by atoms with Crippen molar-refractivity contribution in [1.82, 2.24) is 9.38 Å². The lowest BCUT2D eigenvalue weighted by molar-refractivity contribution is -0.274. The second-order valence-corrected chi connectivity index (χ2v) is 4.31. The zero-order chi connectivity index (χ0) is 15.0. The Hall–Kier alpha value is -2.57. The van der Waals surface area contributed by atoms with E-state index in [4.69, 9.17) is 0 Å². The minimum absolute atomic E-state index is 0.305. The fraction of sp³-hybridized carbons (Fsp3) is 0.0714.